The van der Waals surface area contributed by atoms with Gasteiger partial charge in [-0.2, -0.15) is 0 Å². The monoisotopic (exact) mass is 352 g/mol. The van der Waals surface area contributed by atoms with Crippen LogP contribution in [-0.4, -0.2) is 31.2 Å². The molecule has 2 saturated heterocycles. The van der Waals surface area contributed by atoms with E-state index in [1.165, 1.54) is 6.42 Å². The molecule has 21 heavy (non-hydrogen) atoms. The van der Waals surface area contributed by atoms with Gasteiger partial charge in [0.25, 0.3) is 0 Å². The molecule has 0 aliphatic carbocycles. The van der Waals surface area contributed by atoms with Gasteiger partial charge < -0.3 is 20.1 Å². The zero-order chi connectivity index (χ0) is 14.4. The standard InChI is InChI=1S/C15H17BrN2O3/c16-10-6-13-14(21-4-3-20-13)7-12(10)18-15(19)9-5-8-1-2-11(9)17-8/h6-9,11,17H,1-5H2,(H,18,19). The highest BCUT2D eigenvalue weighted by Crippen LogP contribution is 2.39. The average molecular weight is 353 g/mol. The van der Waals surface area contributed by atoms with Gasteiger partial charge in [-0.05, 0) is 35.2 Å². The van der Waals surface area contributed by atoms with Crippen LogP contribution >= 0.6 is 15.9 Å². The van der Waals surface area contributed by atoms with E-state index in [1.54, 1.807) is 0 Å². The largest absolute Gasteiger partial charge is 0.486 e. The van der Waals surface area contributed by atoms with Crippen LogP contribution in [0.3, 0.4) is 0 Å². The van der Waals surface area contributed by atoms with Crippen molar-refractivity contribution >= 4 is 27.5 Å². The Hall–Kier alpha value is -1.27. The number of amides is 1. The number of nitrogens with one attached hydrogen (secondary N) is 2. The molecule has 2 N–H and O–H groups in total. The summed E-state index contributed by atoms with van der Waals surface area (Å²) in [6, 6.07) is 4.54. The lowest BCUT2D eigenvalue weighted by molar-refractivity contribution is -0.120. The Kier molecular flexibility index (Phi) is 3.30. The fourth-order valence-electron chi connectivity index (χ4n) is 3.50. The third-order valence-electron chi connectivity index (χ3n) is 4.53. The van der Waals surface area contributed by atoms with Gasteiger partial charge in [-0.3, -0.25) is 4.79 Å². The van der Waals surface area contributed by atoms with Gasteiger partial charge in [0.15, 0.2) is 11.5 Å². The fraction of sp³-hybridized carbons (Fsp3) is 0.533. The molecule has 3 unspecified atom stereocenters. The Balaban J connectivity index is 1.53. The summed E-state index contributed by atoms with van der Waals surface area (Å²) >= 11 is 3.49. The van der Waals surface area contributed by atoms with Crippen molar-refractivity contribution in [2.45, 2.75) is 31.3 Å². The van der Waals surface area contributed by atoms with Gasteiger partial charge in [0.2, 0.25) is 5.91 Å². The maximum Gasteiger partial charge on any atom is 0.229 e. The van der Waals surface area contributed by atoms with Crippen LogP contribution in [0.1, 0.15) is 19.3 Å². The minimum Gasteiger partial charge on any atom is -0.486 e. The first-order valence-electron chi connectivity index (χ1n) is 7.37. The molecule has 3 aliphatic heterocycles. The van der Waals surface area contributed by atoms with Crippen molar-refractivity contribution < 1.29 is 14.3 Å². The summed E-state index contributed by atoms with van der Waals surface area (Å²) in [5.41, 5.74) is 0.743. The Labute approximate surface area is 131 Å². The summed E-state index contributed by atoms with van der Waals surface area (Å²) in [6.45, 7) is 1.10. The predicted molar refractivity (Wildman–Crippen MR) is 81.8 cm³/mol. The lowest BCUT2D eigenvalue weighted by Crippen LogP contribution is -2.33. The van der Waals surface area contributed by atoms with Gasteiger partial charge in [-0.1, -0.05) is 0 Å². The van der Waals surface area contributed by atoms with Crippen LogP contribution in [0, 0.1) is 5.92 Å². The van der Waals surface area contributed by atoms with Crippen molar-refractivity contribution in [1.82, 2.24) is 5.32 Å². The average Bonchev–Trinajstić information content (AvgIpc) is 3.10. The van der Waals surface area contributed by atoms with Gasteiger partial charge >= 0.3 is 0 Å². The van der Waals surface area contributed by atoms with Gasteiger partial charge in [0.05, 0.1) is 11.6 Å². The minimum atomic E-state index is 0.0730. The van der Waals surface area contributed by atoms with E-state index in [1.807, 2.05) is 12.1 Å². The Morgan fingerprint density at radius 2 is 2.00 bits per heavy atom. The molecule has 5 nitrogen and oxygen atoms in total. The van der Waals surface area contributed by atoms with Crippen LogP contribution in [0.15, 0.2) is 16.6 Å². The van der Waals surface area contributed by atoms with E-state index in [-0.39, 0.29) is 11.8 Å². The summed E-state index contributed by atoms with van der Waals surface area (Å²) in [5.74, 6) is 1.56. The number of fused-ring (bicyclic) bond motifs is 3. The number of anilines is 1. The van der Waals surface area contributed by atoms with Crippen LogP contribution in [0.5, 0.6) is 11.5 Å². The first-order chi connectivity index (χ1) is 10.2. The van der Waals surface area contributed by atoms with E-state index in [0.29, 0.717) is 36.8 Å². The second-order valence-corrected chi connectivity index (χ2v) is 6.71. The highest BCUT2D eigenvalue weighted by atomic mass is 79.9. The summed E-state index contributed by atoms with van der Waals surface area (Å²) in [7, 11) is 0. The predicted octanol–water partition coefficient (Wildman–Crippen LogP) is 2.30. The third kappa shape index (κ3) is 2.40. The van der Waals surface area contributed by atoms with Gasteiger partial charge in [0, 0.05) is 28.7 Å². The molecule has 6 heteroatoms. The third-order valence-corrected chi connectivity index (χ3v) is 5.18. The Morgan fingerprint density at radius 1 is 1.24 bits per heavy atom. The normalized spacial score (nSPS) is 29.5. The summed E-state index contributed by atoms with van der Waals surface area (Å²) in [5, 5.41) is 6.52. The van der Waals surface area contributed by atoms with E-state index in [2.05, 4.69) is 26.6 Å². The van der Waals surface area contributed by atoms with Crippen LogP contribution in [0.4, 0.5) is 5.69 Å². The topological polar surface area (TPSA) is 59.6 Å². The molecular weight excluding hydrogens is 336 g/mol. The molecule has 3 heterocycles. The second kappa shape index (κ2) is 5.18. The summed E-state index contributed by atoms with van der Waals surface area (Å²) in [6.07, 6.45) is 3.24. The quantitative estimate of drug-likeness (QED) is 0.857. The first kappa shape index (κ1) is 13.4. The lowest BCUT2D eigenvalue weighted by atomic mass is 9.88. The molecule has 3 aliphatic rings. The molecule has 3 atom stereocenters. The summed E-state index contributed by atoms with van der Waals surface area (Å²) < 4.78 is 11.9. The highest BCUT2D eigenvalue weighted by Gasteiger charge is 2.42. The number of carbonyl (C=O) groups is 1. The van der Waals surface area contributed by atoms with Crippen LogP contribution < -0.4 is 20.1 Å². The Morgan fingerprint density at radius 3 is 2.67 bits per heavy atom. The molecule has 2 fully saturated rings. The molecule has 1 aromatic carbocycles. The summed E-state index contributed by atoms with van der Waals surface area (Å²) in [4.78, 5) is 12.5. The fourth-order valence-corrected chi connectivity index (χ4v) is 3.92. The van der Waals surface area contributed by atoms with E-state index in [4.69, 9.17) is 9.47 Å². The van der Waals surface area contributed by atoms with Crippen molar-refractivity contribution in [1.29, 1.82) is 0 Å². The highest BCUT2D eigenvalue weighted by molar-refractivity contribution is 9.10. The zero-order valence-corrected chi connectivity index (χ0v) is 13.1. The van der Waals surface area contributed by atoms with Crippen molar-refractivity contribution in [2.24, 2.45) is 5.92 Å². The molecule has 2 bridgehead atoms. The first-order valence-corrected chi connectivity index (χ1v) is 8.16. The Bertz CT molecular complexity index is 593. The van der Waals surface area contributed by atoms with E-state index >= 15 is 0 Å². The molecule has 112 valence electrons. The molecule has 4 rings (SSSR count). The van der Waals surface area contributed by atoms with Crippen molar-refractivity contribution in [3.63, 3.8) is 0 Å². The zero-order valence-electron chi connectivity index (χ0n) is 11.5. The molecular formula is C15H17BrN2O3. The second-order valence-electron chi connectivity index (χ2n) is 5.85. The SMILES string of the molecule is O=C(Nc1cc2c(cc1Br)OCCO2)C1CC2CCC1N2. The van der Waals surface area contributed by atoms with E-state index in [0.717, 1.165) is 23.0 Å². The van der Waals surface area contributed by atoms with Crippen molar-refractivity contribution in [3.8, 4) is 11.5 Å². The van der Waals surface area contributed by atoms with Gasteiger partial charge in [-0.15, -0.1) is 0 Å². The van der Waals surface area contributed by atoms with Crippen molar-refractivity contribution in [3.05, 3.63) is 16.6 Å². The number of hydrogen-bond donors (Lipinski definition) is 2. The van der Waals surface area contributed by atoms with Crippen LogP contribution in [0.25, 0.3) is 0 Å². The molecule has 1 aromatic rings. The van der Waals surface area contributed by atoms with E-state index in [9.17, 15) is 4.79 Å². The number of carbonyl (C=O) groups excluding carboxylic acids is 1. The van der Waals surface area contributed by atoms with Crippen molar-refractivity contribution in [2.75, 3.05) is 18.5 Å². The number of ether oxygens (including phenoxy) is 2. The number of hydrogen-bond acceptors (Lipinski definition) is 4. The molecule has 0 spiro atoms. The molecule has 0 radical (unpaired) electrons. The number of halogens is 1. The van der Waals surface area contributed by atoms with Crippen LogP contribution in [0.2, 0.25) is 0 Å². The smallest absolute Gasteiger partial charge is 0.229 e. The number of benzene rings is 1. The maximum absolute atomic E-state index is 12.5. The minimum absolute atomic E-state index is 0.0730. The van der Waals surface area contributed by atoms with Gasteiger partial charge in [-0.25, -0.2) is 0 Å². The maximum atomic E-state index is 12.5. The van der Waals surface area contributed by atoms with Gasteiger partial charge in [0.1, 0.15) is 13.2 Å². The molecule has 1 amide bonds. The lowest BCUT2D eigenvalue weighted by Gasteiger charge is -2.22. The van der Waals surface area contributed by atoms with Crippen LogP contribution in [-0.2, 0) is 4.79 Å². The molecule has 0 aromatic heterocycles. The molecule has 0 saturated carbocycles. The van der Waals surface area contributed by atoms with E-state index < -0.39 is 0 Å². The number of rotatable bonds is 2.